The van der Waals surface area contributed by atoms with Gasteiger partial charge < -0.3 is 15.6 Å². The number of hydrazine groups is 1. The maximum Gasteiger partial charge on any atom is 0.408 e. The molecule has 1 aromatic heterocycles. The number of alkyl halides is 3. The molecule has 3 N–H and O–H groups in total. The number of pyridine rings is 1. The molecule has 4 rings (SSSR count). The number of nitriles is 1. The van der Waals surface area contributed by atoms with E-state index in [1.165, 1.54) is 13.0 Å². The van der Waals surface area contributed by atoms with Crippen LogP contribution in [0.3, 0.4) is 0 Å². The van der Waals surface area contributed by atoms with Gasteiger partial charge in [0.1, 0.15) is 18.0 Å². The average Bonchev–Trinajstić information content (AvgIpc) is 3.53. The molecule has 1 aliphatic carbocycles. The van der Waals surface area contributed by atoms with E-state index in [0.29, 0.717) is 18.0 Å². The van der Waals surface area contributed by atoms with Gasteiger partial charge in [0.2, 0.25) is 0 Å². The monoisotopic (exact) mass is 448 g/mol. The standard InChI is InChI=1S/C22H24F4N6/c1-2-29-20(22(24,25)26)15-6-5-14(11-17(15)23)30-21-16-12-28-10-8-19(16)32(31-21)18(7-9-27)13-3-4-13/h5-6,8,10-13,18,20-21,29-31H,2-4,7H2,1H3. The van der Waals surface area contributed by atoms with E-state index in [2.05, 4.69) is 27.1 Å². The Morgan fingerprint density at radius 3 is 2.72 bits per heavy atom. The minimum atomic E-state index is -4.61. The largest absolute Gasteiger partial charge is 0.408 e. The highest BCUT2D eigenvalue weighted by Gasteiger charge is 2.42. The van der Waals surface area contributed by atoms with Crippen molar-refractivity contribution in [2.24, 2.45) is 5.92 Å². The predicted octanol–water partition coefficient (Wildman–Crippen LogP) is 4.56. The number of halogens is 4. The molecule has 0 bridgehead atoms. The van der Waals surface area contributed by atoms with Gasteiger partial charge in [-0.05, 0) is 43.5 Å². The van der Waals surface area contributed by atoms with Crippen molar-refractivity contribution in [1.29, 1.82) is 5.26 Å². The number of benzene rings is 1. The van der Waals surface area contributed by atoms with Crippen molar-refractivity contribution in [3.05, 3.63) is 53.6 Å². The van der Waals surface area contributed by atoms with Crippen molar-refractivity contribution in [2.45, 2.75) is 50.6 Å². The van der Waals surface area contributed by atoms with Gasteiger partial charge in [0.25, 0.3) is 0 Å². The second kappa shape index (κ2) is 8.92. The third kappa shape index (κ3) is 4.49. The summed E-state index contributed by atoms with van der Waals surface area (Å²) in [6, 6.07) is 5.68. The van der Waals surface area contributed by atoms with Crippen LogP contribution in [0.5, 0.6) is 0 Å². The van der Waals surface area contributed by atoms with Crippen LogP contribution in [0.15, 0.2) is 36.7 Å². The highest BCUT2D eigenvalue weighted by atomic mass is 19.4. The van der Waals surface area contributed by atoms with Crippen molar-refractivity contribution < 1.29 is 17.6 Å². The fraction of sp³-hybridized carbons (Fsp3) is 0.455. The molecule has 2 aromatic rings. The minimum Gasteiger partial charge on any atom is -0.365 e. The highest BCUT2D eigenvalue weighted by Crippen LogP contribution is 2.42. The Labute approximate surface area is 183 Å². The maximum absolute atomic E-state index is 14.7. The lowest BCUT2D eigenvalue weighted by Gasteiger charge is -2.29. The van der Waals surface area contributed by atoms with Crippen LogP contribution < -0.4 is 21.1 Å². The van der Waals surface area contributed by atoms with E-state index in [4.69, 9.17) is 0 Å². The third-order valence-corrected chi connectivity index (χ3v) is 5.82. The van der Waals surface area contributed by atoms with E-state index in [1.807, 2.05) is 11.1 Å². The topological polar surface area (TPSA) is 76.0 Å². The molecule has 1 saturated carbocycles. The Morgan fingerprint density at radius 1 is 1.31 bits per heavy atom. The summed E-state index contributed by atoms with van der Waals surface area (Å²) < 4.78 is 54.7. The molecular formula is C22H24F4N6. The summed E-state index contributed by atoms with van der Waals surface area (Å²) in [6.07, 6.45) is 0.756. The molecule has 0 radical (unpaired) electrons. The Bertz CT molecular complexity index is 1000. The third-order valence-electron chi connectivity index (χ3n) is 5.82. The average molecular weight is 448 g/mol. The van der Waals surface area contributed by atoms with Crippen LogP contribution >= 0.6 is 0 Å². The molecule has 1 fully saturated rings. The fourth-order valence-electron chi connectivity index (χ4n) is 4.17. The number of anilines is 2. The Kier molecular flexibility index (Phi) is 6.22. The van der Waals surface area contributed by atoms with Gasteiger partial charge in [-0.3, -0.25) is 4.98 Å². The first-order valence-electron chi connectivity index (χ1n) is 10.6. The van der Waals surface area contributed by atoms with E-state index in [9.17, 15) is 22.8 Å². The number of aromatic nitrogens is 1. The van der Waals surface area contributed by atoms with E-state index < -0.39 is 29.8 Å². The molecule has 0 spiro atoms. The minimum absolute atomic E-state index is 0.000255. The summed E-state index contributed by atoms with van der Waals surface area (Å²) in [6.45, 7) is 1.59. The molecule has 170 valence electrons. The quantitative estimate of drug-likeness (QED) is 0.514. The summed E-state index contributed by atoms with van der Waals surface area (Å²) in [5, 5.41) is 16.7. The van der Waals surface area contributed by atoms with Gasteiger partial charge in [-0.1, -0.05) is 13.0 Å². The lowest BCUT2D eigenvalue weighted by Crippen LogP contribution is -2.45. The molecule has 2 heterocycles. The number of fused-ring (bicyclic) bond motifs is 1. The molecule has 0 saturated heterocycles. The zero-order valence-corrected chi connectivity index (χ0v) is 17.5. The SMILES string of the molecule is CCNC(c1ccc(NC2NN(C(CC#N)C3CC3)c3ccncc32)cc1F)C(F)(F)F. The fourth-order valence-corrected chi connectivity index (χ4v) is 4.17. The zero-order valence-electron chi connectivity index (χ0n) is 17.5. The van der Waals surface area contributed by atoms with Crippen molar-refractivity contribution in [2.75, 3.05) is 16.9 Å². The second-order valence-corrected chi connectivity index (χ2v) is 8.05. The van der Waals surface area contributed by atoms with E-state index in [0.717, 1.165) is 36.2 Å². The highest BCUT2D eigenvalue weighted by molar-refractivity contribution is 5.61. The molecule has 1 aliphatic heterocycles. The summed E-state index contributed by atoms with van der Waals surface area (Å²) in [5.41, 5.74) is 4.92. The second-order valence-electron chi connectivity index (χ2n) is 8.05. The Hall–Kier alpha value is -2.90. The van der Waals surface area contributed by atoms with E-state index in [-0.39, 0.29) is 12.6 Å². The molecule has 10 heteroatoms. The predicted molar refractivity (Wildman–Crippen MR) is 112 cm³/mol. The van der Waals surface area contributed by atoms with Crippen molar-refractivity contribution in [3.63, 3.8) is 0 Å². The summed E-state index contributed by atoms with van der Waals surface area (Å²) in [4.78, 5) is 4.17. The number of hydrogen-bond donors (Lipinski definition) is 3. The Balaban J connectivity index is 1.57. The summed E-state index contributed by atoms with van der Waals surface area (Å²) in [7, 11) is 0. The number of nitrogens with one attached hydrogen (secondary N) is 3. The van der Waals surface area contributed by atoms with Crippen molar-refractivity contribution in [3.8, 4) is 6.07 Å². The molecule has 32 heavy (non-hydrogen) atoms. The first kappa shape index (κ1) is 22.3. The lowest BCUT2D eigenvalue weighted by molar-refractivity contribution is -0.158. The Morgan fingerprint density at radius 2 is 2.09 bits per heavy atom. The van der Waals surface area contributed by atoms with Gasteiger partial charge in [-0.2, -0.15) is 18.4 Å². The van der Waals surface area contributed by atoms with Crippen molar-refractivity contribution in [1.82, 2.24) is 15.7 Å². The van der Waals surface area contributed by atoms with Gasteiger partial charge in [-0.25, -0.2) is 9.82 Å². The first-order valence-corrected chi connectivity index (χ1v) is 10.6. The first-order chi connectivity index (χ1) is 15.3. The molecule has 3 unspecified atom stereocenters. The van der Waals surface area contributed by atoms with Gasteiger partial charge in [0, 0.05) is 29.2 Å². The van der Waals surface area contributed by atoms with Crippen LogP contribution in [-0.4, -0.2) is 23.7 Å². The van der Waals surface area contributed by atoms with Gasteiger partial charge in [0.15, 0.2) is 0 Å². The van der Waals surface area contributed by atoms with Crippen LogP contribution in [0.2, 0.25) is 0 Å². The number of rotatable bonds is 8. The molecule has 6 nitrogen and oxygen atoms in total. The molecule has 0 amide bonds. The van der Waals surface area contributed by atoms with Crippen LogP contribution in [0.25, 0.3) is 0 Å². The number of nitrogens with zero attached hydrogens (tertiary/aromatic N) is 3. The summed E-state index contributed by atoms with van der Waals surface area (Å²) >= 11 is 0. The zero-order chi connectivity index (χ0) is 22.9. The van der Waals surface area contributed by atoms with Crippen LogP contribution in [0.4, 0.5) is 28.9 Å². The van der Waals surface area contributed by atoms with Gasteiger partial charge in [0.05, 0.1) is 24.2 Å². The van der Waals surface area contributed by atoms with E-state index >= 15 is 0 Å². The van der Waals surface area contributed by atoms with Gasteiger partial charge >= 0.3 is 6.18 Å². The van der Waals surface area contributed by atoms with Gasteiger partial charge in [-0.15, -0.1) is 0 Å². The molecule has 2 aliphatic rings. The van der Waals surface area contributed by atoms with E-state index in [1.54, 1.807) is 12.4 Å². The lowest BCUT2D eigenvalue weighted by atomic mass is 10.0. The molecule has 1 aromatic carbocycles. The maximum atomic E-state index is 14.7. The molecule has 3 atom stereocenters. The van der Waals surface area contributed by atoms with Crippen LogP contribution in [0, 0.1) is 23.1 Å². The van der Waals surface area contributed by atoms with Crippen LogP contribution in [-0.2, 0) is 0 Å². The summed E-state index contributed by atoms with van der Waals surface area (Å²) in [5.74, 6) is -0.524. The van der Waals surface area contributed by atoms with Crippen LogP contribution in [0.1, 0.15) is 49.5 Å². The number of hydrogen-bond acceptors (Lipinski definition) is 6. The smallest absolute Gasteiger partial charge is 0.365 e. The molecular weight excluding hydrogens is 424 g/mol. The van der Waals surface area contributed by atoms with Crippen molar-refractivity contribution >= 4 is 11.4 Å². The normalized spacial score (nSPS) is 19.9.